The molecule has 1 heterocycles. The SMILES string of the molecule is CC(C)(C)c1cc2c(c(C(C)(C)C)c1)CP(=O)([O-])Oc1c(cc(C(C)(C)C)cc1C(C)(C)C)C2.[H-].[Mg+2]. The summed E-state index contributed by atoms with van der Waals surface area (Å²) in [5, 5.41) is 0. The Kier molecular flexibility index (Phi) is 8.25. The fraction of sp³-hybridized carbons (Fsp3) is 0.600. The van der Waals surface area contributed by atoms with Crippen LogP contribution < -0.4 is 9.42 Å². The summed E-state index contributed by atoms with van der Waals surface area (Å²) >= 11 is 0. The summed E-state index contributed by atoms with van der Waals surface area (Å²) in [6.45, 7) is 26.1. The molecule has 35 heavy (non-hydrogen) atoms. The first-order valence-electron chi connectivity index (χ1n) is 12.4. The Bertz CT molecular complexity index is 1070. The van der Waals surface area contributed by atoms with Gasteiger partial charge < -0.3 is 10.8 Å². The topological polar surface area (TPSA) is 49.4 Å². The van der Waals surface area contributed by atoms with Crippen molar-refractivity contribution in [2.24, 2.45) is 0 Å². The summed E-state index contributed by atoms with van der Waals surface area (Å²) in [4.78, 5) is 13.5. The molecule has 0 saturated carbocycles. The molecule has 0 N–H and O–H groups in total. The molecular weight excluding hydrogens is 464 g/mol. The minimum absolute atomic E-state index is 0. The molecule has 190 valence electrons. The molecular formula is C30H45MgO3P. The second-order valence-corrected chi connectivity index (χ2v) is 15.9. The number of hydrogen-bond donors (Lipinski definition) is 0. The fourth-order valence-electron chi connectivity index (χ4n) is 4.67. The van der Waals surface area contributed by atoms with Gasteiger partial charge >= 0.3 is 23.1 Å². The van der Waals surface area contributed by atoms with Crippen molar-refractivity contribution in [2.45, 2.75) is 117 Å². The van der Waals surface area contributed by atoms with Gasteiger partial charge in [0.2, 0.25) is 0 Å². The Hall–Kier alpha value is -0.804. The van der Waals surface area contributed by atoms with Crippen molar-refractivity contribution in [3.63, 3.8) is 0 Å². The van der Waals surface area contributed by atoms with E-state index in [1.54, 1.807) is 0 Å². The standard InChI is InChI=1S/C30H45O3P.Mg.H/c1-27(2,3)21-14-19-13-20-15-22(28(4,5)6)17-25(30(10,11)12)26(20)33-34(31,32)18-23(19)24(16-21)29(7,8)9;;/h14-17H,13,18H2,1-12H3,(H,31,32);;/q;+2;-1/p-1. The normalized spacial score (nSPS) is 19.0. The maximum absolute atomic E-state index is 13.5. The average molecular weight is 509 g/mol. The van der Waals surface area contributed by atoms with Crippen LogP contribution in [0.25, 0.3) is 0 Å². The van der Waals surface area contributed by atoms with Crippen LogP contribution in [0.3, 0.4) is 0 Å². The van der Waals surface area contributed by atoms with Crippen molar-refractivity contribution >= 4 is 30.6 Å². The van der Waals surface area contributed by atoms with Crippen LogP contribution >= 0.6 is 7.60 Å². The molecule has 0 saturated heterocycles. The monoisotopic (exact) mass is 508 g/mol. The first-order chi connectivity index (χ1) is 15.1. The van der Waals surface area contributed by atoms with Gasteiger partial charge in [0.25, 0.3) is 0 Å². The van der Waals surface area contributed by atoms with E-state index in [4.69, 9.17) is 4.52 Å². The van der Waals surface area contributed by atoms with E-state index in [2.05, 4.69) is 107 Å². The molecule has 2 aromatic carbocycles. The van der Waals surface area contributed by atoms with E-state index >= 15 is 0 Å². The third kappa shape index (κ3) is 6.75. The second kappa shape index (κ2) is 9.50. The van der Waals surface area contributed by atoms with Gasteiger partial charge in [-0.25, -0.2) is 0 Å². The molecule has 0 aliphatic carbocycles. The molecule has 2 aromatic rings. The van der Waals surface area contributed by atoms with Gasteiger partial charge in [-0.1, -0.05) is 107 Å². The molecule has 0 amide bonds. The molecule has 3 rings (SSSR count). The molecule has 0 spiro atoms. The Morgan fingerprint density at radius 1 is 0.714 bits per heavy atom. The molecule has 0 aromatic heterocycles. The second-order valence-electron chi connectivity index (χ2n) is 14.2. The summed E-state index contributed by atoms with van der Waals surface area (Å²) < 4.78 is 19.4. The number of fused-ring (bicyclic) bond motifs is 2. The first kappa shape index (κ1) is 30.4. The minimum Gasteiger partial charge on any atom is -1.00 e. The third-order valence-electron chi connectivity index (χ3n) is 6.82. The van der Waals surface area contributed by atoms with Crippen LogP contribution in [0.1, 0.15) is 123 Å². The van der Waals surface area contributed by atoms with Crippen LogP contribution in [0, 0.1) is 0 Å². The third-order valence-corrected chi connectivity index (χ3v) is 7.98. The number of benzene rings is 2. The largest absolute Gasteiger partial charge is 2.00 e. The maximum atomic E-state index is 13.5. The summed E-state index contributed by atoms with van der Waals surface area (Å²) in [5.41, 5.74) is 6.92. The van der Waals surface area contributed by atoms with Crippen LogP contribution in [0.2, 0.25) is 0 Å². The van der Waals surface area contributed by atoms with Crippen molar-refractivity contribution in [3.05, 3.63) is 63.2 Å². The van der Waals surface area contributed by atoms with E-state index < -0.39 is 7.60 Å². The van der Waals surface area contributed by atoms with Gasteiger partial charge in [0, 0.05) is 18.1 Å². The number of rotatable bonds is 0. The van der Waals surface area contributed by atoms with E-state index in [0.29, 0.717) is 12.2 Å². The zero-order valence-electron chi connectivity index (χ0n) is 25.1. The van der Waals surface area contributed by atoms with Crippen molar-refractivity contribution in [1.82, 2.24) is 0 Å². The van der Waals surface area contributed by atoms with Gasteiger partial charge in [0.15, 0.2) is 7.60 Å². The predicted octanol–water partition coefficient (Wildman–Crippen LogP) is 7.64. The fourth-order valence-corrected chi connectivity index (χ4v) is 5.99. The smallest absolute Gasteiger partial charge is 1.00 e. The molecule has 0 fully saturated rings. The van der Waals surface area contributed by atoms with Crippen LogP contribution in [0.15, 0.2) is 24.3 Å². The molecule has 0 radical (unpaired) electrons. The molecule has 5 heteroatoms. The molecule has 1 aliphatic heterocycles. The van der Waals surface area contributed by atoms with E-state index in [-0.39, 0.29) is 52.3 Å². The van der Waals surface area contributed by atoms with Crippen molar-refractivity contribution in [1.29, 1.82) is 0 Å². The Morgan fingerprint density at radius 3 is 1.57 bits per heavy atom. The van der Waals surface area contributed by atoms with Gasteiger partial charge in [0.1, 0.15) is 5.75 Å². The molecule has 1 unspecified atom stereocenters. The maximum Gasteiger partial charge on any atom is 2.00 e. The van der Waals surface area contributed by atoms with Crippen LogP contribution in [0.5, 0.6) is 5.75 Å². The van der Waals surface area contributed by atoms with Gasteiger partial charge in [0.05, 0.1) is 0 Å². The molecule has 3 nitrogen and oxygen atoms in total. The summed E-state index contributed by atoms with van der Waals surface area (Å²) in [7, 11) is -4.18. The van der Waals surface area contributed by atoms with Crippen LogP contribution in [-0.4, -0.2) is 23.1 Å². The first-order valence-corrected chi connectivity index (χ1v) is 14.2. The van der Waals surface area contributed by atoms with Crippen LogP contribution in [0.4, 0.5) is 0 Å². The van der Waals surface area contributed by atoms with Crippen LogP contribution in [-0.2, 0) is 38.8 Å². The van der Waals surface area contributed by atoms with Gasteiger partial charge in [-0.15, -0.1) is 0 Å². The molecule has 1 atom stereocenters. The zero-order valence-corrected chi connectivity index (χ0v) is 26.4. The Labute approximate surface area is 231 Å². The van der Waals surface area contributed by atoms with Gasteiger partial charge in [-0.05, 0) is 55.0 Å². The quantitative estimate of drug-likeness (QED) is 0.271. The Morgan fingerprint density at radius 2 is 1.14 bits per heavy atom. The summed E-state index contributed by atoms with van der Waals surface area (Å²) in [6, 6.07) is 8.77. The zero-order chi connectivity index (χ0) is 26.1. The van der Waals surface area contributed by atoms with E-state index in [9.17, 15) is 9.46 Å². The van der Waals surface area contributed by atoms with Gasteiger partial charge in [-0.3, -0.25) is 4.57 Å². The van der Waals surface area contributed by atoms with Crippen molar-refractivity contribution in [2.75, 3.05) is 0 Å². The number of hydrogen-bond acceptors (Lipinski definition) is 3. The summed E-state index contributed by atoms with van der Waals surface area (Å²) in [6.07, 6.45) is 0.577. The van der Waals surface area contributed by atoms with E-state index in [0.717, 1.165) is 27.8 Å². The van der Waals surface area contributed by atoms with Gasteiger partial charge in [-0.2, -0.15) is 0 Å². The minimum atomic E-state index is -4.18. The van der Waals surface area contributed by atoms with Crippen molar-refractivity contribution in [3.8, 4) is 5.75 Å². The molecule has 1 aliphatic rings. The van der Waals surface area contributed by atoms with Crippen molar-refractivity contribution < 1.29 is 15.4 Å². The van der Waals surface area contributed by atoms with E-state index in [1.807, 2.05) is 0 Å². The summed E-state index contributed by atoms with van der Waals surface area (Å²) in [5.74, 6) is 0.531. The average Bonchev–Trinajstić information content (AvgIpc) is 2.58. The Balaban J connectivity index is 0.00000324. The predicted molar refractivity (Wildman–Crippen MR) is 149 cm³/mol. The molecule has 0 bridgehead atoms. The van der Waals surface area contributed by atoms with E-state index in [1.165, 1.54) is 11.1 Å².